The standard InChI is InChI=1S/C19H23NS/c1-4-20-19-16-8-6-5-7-15(16)12-18(19)21-17-11-13(2)9-10-14(17)3/h5-11,18-20H,4,12H2,1-3H3. The quantitative estimate of drug-likeness (QED) is 0.880. The average molecular weight is 297 g/mol. The van der Waals surface area contributed by atoms with E-state index in [4.69, 9.17) is 0 Å². The lowest BCUT2D eigenvalue weighted by atomic mass is 10.1. The van der Waals surface area contributed by atoms with Gasteiger partial charge in [-0.25, -0.2) is 0 Å². The fourth-order valence-corrected chi connectivity index (χ4v) is 4.60. The summed E-state index contributed by atoms with van der Waals surface area (Å²) in [5, 5.41) is 4.27. The molecule has 110 valence electrons. The van der Waals surface area contributed by atoms with Gasteiger partial charge in [-0.1, -0.05) is 48.9 Å². The molecule has 0 fully saturated rings. The Labute approximate surface area is 132 Å². The van der Waals surface area contributed by atoms with Gasteiger partial charge in [0.1, 0.15) is 0 Å². The summed E-state index contributed by atoms with van der Waals surface area (Å²) in [6, 6.07) is 16.1. The summed E-state index contributed by atoms with van der Waals surface area (Å²) in [7, 11) is 0. The largest absolute Gasteiger partial charge is 0.309 e. The van der Waals surface area contributed by atoms with Crippen molar-refractivity contribution in [1.29, 1.82) is 0 Å². The van der Waals surface area contributed by atoms with Gasteiger partial charge < -0.3 is 5.32 Å². The van der Waals surface area contributed by atoms with Crippen molar-refractivity contribution in [1.82, 2.24) is 5.32 Å². The molecular weight excluding hydrogens is 274 g/mol. The second kappa shape index (κ2) is 6.25. The Morgan fingerprint density at radius 2 is 1.95 bits per heavy atom. The van der Waals surface area contributed by atoms with Crippen molar-refractivity contribution in [3.05, 3.63) is 64.7 Å². The number of fused-ring (bicyclic) bond motifs is 1. The van der Waals surface area contributed by atoms with Crippen molar-refractivity contribution in [3.8, 4) is 0 Å². The van der Waals surface area contributed by atoms with E-state index in [2.05, 4.69) is 68.6 Å². The molecule has 2 aromatic carbocycles. The Bertz CT molecular complexity index is 635. The predicted octanol–water partition coefficient (Wildman–Crippen LogP) is 4.67. The maximum atomic E-state index is 3.68. The van der Waals surface area contributed by atoms with Crippen LogP contribution >= 0.6 is 11.8 Å². The second-order valence-electron chi connectivity index (χ2n) is 5.86. The van der Waals surface area contributed by atoms with Gasteiger partial charge in [0.05, 0.1) is 0 Å². The lowest BCUT2D eigenvalue weighted by Crippen LogP contribution is -2.26. The zero-order chi connectivity index (χ0) is 14.8. The van der Waals surface area contributed by atoms with Gasteiger partial charge in [0, 0.05) is 16.2 Å². The molecule has 21 heavy (non-hydrogen) atoms. The molecule has 0 bridgehead atoms. The second-order valence-corrected chi connectivity index (χ2v) is 7.14. The van der Waals surface area contributed by atoms with Crippen molar-refractivity contribution >= 4 is 11.8 Å². The average Bonchev–Trinajstić information content (AvgIpc) is 2.81. The smallest absolute Gasteiger partial charge is 0.0450 e. The number of thioether (sulfide) groups is 1. The SMILES string of the molecule is CCNC1c2ccccc2CC1Sc1cc(C)ccc1C. The molecule has 2 heteroatoms. The highest BCUT2D eigenvalue weighted by Crippen LogP contribution is 2.42. The first-order chi connectivity index (χ1) is 10.2. The summed E-state index contributed by atoms with van der Waals surface area (Å²) in [4.78, 5) is 1.43. The number of benzene rings is 2. The topological polar surface area (TPSA) is 12.0 Å². The van der Waals surface area contributed by atoms with E-state index in [1.54, 1.807) is 0 Å². The summed E-state index contributed by atoms with van der Waals surface area (Å²) in [6.07, 6.45) is 1.16. The Hall–Kier alpha value is -1.25. The van der Waals surface area contributed by atoms with Gasteiger partial charge in [-0.3, -0.25) is 0 Å². The van der Waals surface area contributed by atoms with Gasteiger partial charge >= 0.3 is 0 Å². The third-order valence-electron chi connectivity index (χ3n) is 4.23. The van der Waals surface area contributed by atoms with Crippen LogP contribution in [0, 0.1) is 13.8 Å². The molecule has 0 saturated heterocycles. The summed E-state index contributed by atoms with van der Waals surface area (Å²) >= 11 is 2.03. The van der Waals surface area contributed by atoms with Crippen LogP contribution in [0.5, 0.6) is 0 Å². The third-order valence-corrected chi connectivity index (χ3v) is 5.66. The van der Waals surface area contributed by atoms with Gasteiger partial charge in [-0.2, -0.15) is 0 Å². The predicted molar refractivity (Wildman–Crippen MR) is 92.1 cm³/mol. The van der Waals surface area contributed by atoms with Crippen molar-refractivity contribution < 1.29 is 0 Å². The molecule has 2 atom stereocenters. The molecule has 1 aliphatic rings. The fraction of sp³-hybridized carbons (Fsp3) is 0.368. The van der Waals surface area contributed by atoms with Gasteiger partial charge in [-0.15, -0.1) is 11.8 Å². The van der Waals surface area contributed by atoms with Gasteiger partial charge in [-0.05, 0) is 49.6 Å². The number of aryl methyl sites for hydroxylation is 2. The maximum Gasteiger partial charge on any atom is 0.0450 e. The van der Waals surface area contributed by atoms with Crippen molar-refractivity contribution in [2.24, 2.45) is 0 Å². The normalized spacial score (nSPS) is 20.5. The lowest BCUT2D eigenvalue weighted by Gasteiger charge is -2.22. The molecule has 2 unspecified atom stereocenters. The van der Waals surface area contributed by atoms with Crippen LogP contribution in [0.1, 0.15) is 35.2 Å². The Kier molecular flexibility index (Phi) is 4.37. The highest BCUT2D eigenvalue weighted by Gasteiger charge is 2.32. The van der Waals surface area contributed by atoms with Gasteiger partial charge in [0.25, 0.3) is 0 Å². The van der Waals surface area contributed by atoms with E-state index < -0.39 is 0 Å². The lowest BCUT2D eigenvalue weighted by molar-refractivity contribution is 0.560. The summed E-state index contributed by atoms with van der Waals surface area (Å²) in [6.45, 7) is 7.60. The molecule has 1 aliphatic carbocycles. The first-order valence-electron chi connectivity index (χ1n) is 7.74. The zero-order valence-electron chi connectivity index (χ0n) is 13.0. The minimum Gasteiger partial charge on any atom is -0.309 e. The molecule has 0 spiro atoms. The monoisotopic (exact) mass is 297 g/mol. The van der Waals surface area contributed by atoms with Crippen LogP contribution in [0.25, 0.3) is 0 Å². The molecule has 2 aromatic rings. The molecule has 0 radical (unpaired) electrons. The van der Waals surface area contributed by atoms with Crippen LogP contribution in [-0.2, 0) is 6.42 Å². The number of nitrogens with one attached hydrogen (secondary N) is 1. The number of hydrogen-bond acceptors (Lipinski definition) is 2. The van der Waals surface area contributed by atoms with Crippen molar-refractivity contribution in [2.75, 3.05) is 6.54 Å². The van der Waals surface area contributed by atoms with Gasteiger partial charge in [0.2, 0.25) is 0 Å². The molecule has 0 heterocycles. The highest BCUT2D eigenvalue weighted by atomic mass is 32.2. The van der Waals surface area contributed by atoms with E-state index in [0.717, 1.165) is 13.0 Å². The molecule has 1 N–H and O–H groups in total. The van der Waals surface area contributed by atoms with Crippen LogP contribution in [0.15, 0.2) is 47.4 Å². The van der Waals surface area contributed by atoms with Gasteiger partial charge in [0.15, 0.2) is 0 Å². The Balaban J connectivity index is 1.87. The molecule has 1 nitrogen and oxygen atoms in total. The number of rotatable bonds is 4. The van der Waals surface area contributed by atoms with Crippen molar-refractivity contribution in [2.45, 2.75) is 43.4 Å². The molecule has 3 rings (SSSR count). The van der Waals surface area contributed by atoms with E-state index in [9.17, 15) is 0 Å². The minimum absolute atomic E-state index is 0.469. The van der Waals surface area contributed by atoms with E-state index >= 15 is 0 Å². The first kappa shape index (κ1) is 14.7. The van der Waals surface area contributed by atoms with Crippen LogP contribution in [0.4, 0.5) is 0 Å². The molecule has 0 aliphatic heterocycles. The summed E-state index contributed by atoms with van der Waals surface area (Å²) < 4.78 is 0. The minimum atomic E-state index is 0.469. The molecule has 0 amide bonds. The molecular formula is C19H23NS. The first-order valence-corrected chi connectivity index (χ1v) is 8.62. The highest BCUT2D eigenvalue weighted by molar-refractivity contribution is 8.00. The molecule has 0 saturated carbocycles. The Morgan fingerprint density at radius 1 is 1.14 bits per heavy atom. The fourth-order valence-electron chi connectivity index (χ4n) is 3.13. The number of hydrogen-bond donors (Lipinski definition) is 1. The van der Waals surface area contributed by atoms with E-state index in [-0.39, 0.29) is 0 Å². The van der Waals surface area contributed by atoms with Crippen LogP contribution < -0.4 is 5.32 Å². The van der Waals surface area contributed by atoms with Crippen LogP contribution in [0.2, 0.25) is 0 Å². The zero-order valence-corrected chi connectivity index (χ0v) is 13.8. The van der Waals surface area contributed by atoms with Crippen molar-refractivity contribution in [3.63, 3.8) is 0 Å². The summed E-state index contributed by atoms with van der Waals surface area (Å²) in [5.74, 6) is 0. The van der Waals surface area contributed by atoms with E-state index in [1.165, 1.54) is 27.1 Å². The van der Waals surface area contributed by atoms with Crippen LogP contribution in [-0.4, -0.2) is 11.8 Å². The third kappa shape index (κ3) is 3.02. The Morgan fingerprint density at radius 3 is 2.76 bits per heavy atom. The summed E-state index contributed by atoms with van der Waals surface area (Å²) in [5.41, 5.74) is 5.73. The maximum absolute atomic E-state index is 3.68. The van der Waals surface area contributed by atoms with E-state index in [1.807, 2.05) is 11.8 Å². The molecule has 0 aromatic heterocycles. The van der Waals surface area contributed by atoms with Crippen LogP contribution in [0.3, 0.4) is 0 Å². The van der Waals surface area contributed by atoms with E-state index in [0.29, 0.717) is 11.3 Å².